The molecule has 0 bridgehead atoms. The molecule has 0 unspecified atom stereocenters. The fourth-order valence-electron chi connectivity index (χ4n) is 5.58. The van der Waals surface area contributed by atoms with Crippen molar-refractivity contribution in [3.05, 3.63) is 36.3 Å². The molecule has 2 fully saturated rings. The van der Waals surface area contributed by atoms with E-state index in [1.165, 1.54) is 0 Å². The van der Waals surface area contributed by atoms with E-state index < -0.39 is 5.41 Å². The maximum atomic E-state index is 12.2. The van der Waals surface area contributed by atoms with Gasteiger partial charge >= 0.3 is 0 Å². The SMILES string of the molecule is COc1c(Oc2ccnc(NC(=O)C3CC3)c2)cnc2nc(Nc3cc(C(C)(C)C)n(C4CC(CO)(CO)C4)n3)n(C)c12. The number of fused-ring (bicyclic) bond motifs is 1. The molecule has 2 saturated carbocycles. The number of carbonyl (C=O) groups excluding carboxylic acids is 1. The Bertz CT molecular complexity index is 1660. The van der Waals surface area contributed by atoms with Crippen molar-refractivity contribution in [2.24, 2.45) is 18.4 Å². The highest BCUT2D eigenvalue weighted by Crippen LogP contribution is 2.49. The van der Waals surface area contributed by atoms with Crippen molar-refractivity contribution in [2.75, 3.05) is 31.0 Å². The minimum Gasteiger partial charge on any atom is -0.491 e. The number of methoxy groups -OCH3 is 1. The van der Waals surface area contributed by atoms with Crippen molar-refractivity contribution >= 4 is 34.7 Å². The Balaban J connectivity index is 1.27. The van der Waals surface area contributed by atoms with Crippen LogP contribution in [-0.2, 0) is 17.3 Å². The van der Waals surface area contributed by atoms with Gasteiger partial charge in [0.15, 0.2) is 23.0 Å². The zero-order valence-corrected chi connectivity index (χ0v) is 25.1. The number of hydrogen-bond donors (Lipinski definition) is 4. The van der Waals surface area contributed by atoms with E-state index in [1.54, 1.807) is 31.6 Å². The van der Waals surface area contributed by atoms with Crippen molar-refractivity contribution in [1.29, 1.82) is 0 Å². The lowest BCUT2D eigenvalue weighted by atomic mass is 9.66. The molecule has 13 nitrogen and oxygen atoms in total. The molecule has 4 N–H and O–H groups in total. The third-order valence-corrected chi connectivity index (χ3v) is 8.28. The first-order valence-corrected chi connectivity index (χ1v) is 14.5. The van der Waals surface area contributed by atoms with Gasteiger partial charge in [-0.3, -0.25) is 9.48 Å². The molecule has 0 aromatic carbocycles. The lowest BCUT2D eigenvalue weighted by molar-refractivity contribution is -0.117. The third kappa shape index (κ3) is 5.50. The number of imidazole rings is 1. The van der Waals surface area contributed by atoms with Gasteiger partial charge in [-0.15, -0.1) is 0 Å². The van der Waals surface area contributed by atoms with Crippen LogP contribution in [0.5, 0.6) is 17.2 Å². The Labute approximate surface area is 249 Å². The first kappa shape index (κ1) is 28.9. The molecular weight excluding hydrogens is 552 g/mol. The second-order valence-electron chi connectivity index (χ2n) is 12.7. The van der Waals surface area contributed by atoms with Crippen molar-refractivity contribution in [3.63, 3.8) is 0 Å². The first-order chi connectivity index (χ1) is 20.5. The summed E-state index contributed by atoms with van der Waals surface area (Å²) in [5.74, 6) is 2.91. The number of hydrogen-bond acceptors (Lipinski definition) is 10. The van der Waals surface area contributed by atoms with Gasteiger partial charge in [0.05, 0.1) is 32.6 Å². The van der Waals surface area contributed by atoms with Gasteiger partial charge in [-0.2, -0.15) is 10.1 Å². The Morgan fingerprint density at radius 3 is 2.53 bits per heavy atom. The maximum absolute atomic E-state index is 12.2. The van der Waals surface area contributed by atoms with Gasteiger partial charge in [-0.1, -0.05) is 20.8 Å². The number of rotatable bonds is 10. The molecular formula is C30H38N8O5. The number of anilines is 3. The van der Waals surface area contributed by atoms with Crippen LogP contribution < -0.4 is 20.1 Å². The minimum atomic E-state index is -0.457. The average molecular weight is 591 g/mol. The molecule has 0 saturated heterocycles. The summed E-state index contributed by atoms with van der Waals surface area (Å²) in [6.45, 7) is 6.30. The molecule has 228 valence electrons. The molecule has 0 atom stereocenters. The molecule has 13 heteroatoms. The van der Waals surface area contributed by atoms with Crippen molar-refractivity contribution in [1.82, 2.24) is 29.3 Å². The number of aliphatic hydroxyl groups is 2. The van der Waals surface area contributed by atoms with Crippen LogP contribution in [0.2, 0.25) is 0 Å². The minimum absolute atomic E-state index is 0.0317. The third-order valence-electron chi connectivity index (χ3n) is 8.28. The molecule has 0 spiro atoms. The molecule has 2 aliphatic rings. The van der Waals surface area contributed by atoms with Crippen LogP contribution in [0.4, 0.5) is 17.6 Å². The first-order valence-electron chi connectivity index (χ1n) is 14.5. The van der Waals surface area contributed by atoms with Gasteiger partial charge < -0.3 is 34.9 Å². The summed E-state index contributed by atoms with van der Waals surface area (Å²) in [6, 6.07) is 5.46. The predicted octanol–water partition coefficient (Wildman–Crippen LogP) is 4.06. The number of ether oxygens (including phenoxy) is 2. The van der Waals surface area contributed by atoms with Gasteiger partial charge in [0.1, 0.15) is 17.1 Å². The predicted molar refractivity (Wildman–Crippen MR) is 160 cm³/mol. The number of pyridine rings is 2. The van der Waals surface area contributed by atoms with E-state index in [0.29, 0.717) is 58.8 Å². The van der Waals surface area contributed by atoms with E-state index in [4.69, 9.17) is 19.6 Å². The number of nitrogens with one attached hydrogen (secondary N) is 2. The average Bonchev–Trinajstić information content (AvgIpc) is 3.65. The van der Waals surface area contributed by atoms with Crippen LogP contribution in [0, 0.1) is 11.3 Å². The van der Waals surface area contributed by atoms with E-state index in [1.807, 2.05) is 22.4 Å². The largest absolute Gasteiger partial charge is 0.491 e. The molecule has 2 aliphatic carbocycles. The highest BCUT2D eigenvalue weighted by molar-refractivity contribution is 5.93. The summed E-state index contributed by atoms with van der Waals surface area (Å²) in [5.41, 5.74) is 1.50. The van der Waals surface area contributed by atoms with Crippen molar-refractivity contribution in [2.45, 2.75) is 57.9 Å². The maximum Gasteiger partial charge on any atom is 0.228 e. The molecule has 1 amide bonds. The summed E-state index contributed by atoms with van der Waals surface area (Å²) < 4.78 is 15.8. The molecule has 43 heavy (non-hydrogen) atoms. The van der Waals surface area contributed by atoms with Crippen molar-refractivity contribution < 1.29 is 24.5 Å². The Morgan fingerprint density at radius 1 is 1.14 bits per heavy atom. The number of aliphatic hydroxyl groups excluding tert-OH is 2. The zero-order valence-electron chi connectivity index (χ0n) is 25.1. The van der Waals surface area contributed by atoms with E-state index in [-0.39, 0.29) is 36.5 Å². The summed E-state index contributed by atoms with van der Waals surface area (Å²) in [7, 11) is 3.41. The number of amides is 1. The normalized spacial score (nSPS) is 16.6. The van der Waals surface area contributed by atoms with E-state index in [2.05, 4.69) is 41.4 Å². The van der Waals surface area contributed by atoms with Gasteiger partial charge in [0.25, 0.3) is 0 Å². The van der Waals surface area contributed by atoms with Gasteiger partial charge in [-0.25, -0.2) is 9.97 Å². The van der Waals surface area contributed by atoms with Gasteiger partial charge in [0.2, 0.25) is 11.9 Å². The Kier molecular flexibility index (Phi) is 7.25. The summed E-state index contributed by atoms with van der Waals surface area (Å²) in [4.78, 5) is 25.6. The van der Waals surface area contributed by atoms with E-state index >= 15 is 0 Å². The molecule has 0 radical (unpaired) electrons. The lowest BCUT2D eigenvalue weighted by Crippen LogP contribution is -2.45. The quantitative estimate of drug-likeness (QED) is 0.212. The molecule has 4 aromatic heterocycles. The summed E-state index contributed by atoms with van der Waals surface area (Å²) in [6.07, 6.45) is 6.26. The van der Waals surface area contributed by atoms with Crippen LogP contribution in [0.3, 0.4) is 0 Å². The topological polar surface area (TPSA) is 161 Å². The van der Waals surface area contributed by atoms with Crippen LogP contribution in [0.15, 0.2) is 30.6 Å². The van der Waals surface area contributed by atoms with Gasteiger partial charge in [0, 0.05) is 47.8 Å². The zero-order chi connectivity index (χ0) is 30.5. The van der Waals surface area contributed by atoms with Crippen LogP contribution >= 0.6 is 0 Å². The van der Waals surface area contributed by atoms with E-state index in [0.717, 1.165) is 18.5 Å². The molecule has 6 rings (SSSR count). The number of aromatic nitrogens is 6. The molecule has 4 heterocycles. The van der Waals surface area contributed by atoms with Gasteiger partial charge in [-0.05, 0) is 31.7 Å². The summed E-state index contributed by atoms with van der Waals surface area (Å²) >= 11 is 0. The van der Waals surface area contributed by atoms with E-state index in [9.17, 15) is 15.0 Å². The second-order valence-corrected chi connectivity index (χ2v) is 12.7. The monoisotopic (exact) mass is 590 g/mol. The number of nitrogens with zero attached hydrogens (tertiary/aromatic N) is 6. The fourth-order valence-corrected chi connectivity index (χ4v) is 5.58. The number of aryl methyl sites for hydroxylation is 1. The smallest absolute Gasteiger partial charge is 0.228 e. The fraction of sp³-hybridized carbons (Fsp3) is 0.500. The highest BCUT2D eigenvalue weighted by atomic mass is 16.5. The standard InChI is InChI=1S/C30H38N8O5/c1-29(2,3)21-11-23(36-38(21)18-12-30(13-18,15-39)16-40)34-28-35-26-24(37(28)4)25(42-5)20(14-32-26)43-19-8-9-31-22(10-19)33-27(41)17-6-7-17/h8-11,14,17-18,39-40H,6-7,12-13,15-16H2,1-5H3,(H,31,33,41)(H,32,34,35,36). The summed E-state index contributed by atoms with van der Waals surface area (Å²) in [5, 5.41) is 30.6. The Morgan fingerprint density at radius 2 is 1.88 bits per heavy atom. The second kappa shape index (κ2) is 10.8. The van der Waals surface area contributed by atoms with Crippen LogP contribution in [0.25, 0.3) is 11.2 Å². The highest BCUT2D eigenvalue weighted by Gasteiger charge is 2.46. The number of carbonyl (C=O) groups is 1. The van der Waals surface area contributed by atoms with Crippen LogP contribution in [-0.4, -0.2) is 65.7 Å². The van der Waals surface area contributed by atoms with Crippen molar-refractivity contribution in [3.8, 4) is 17.2 Å². The lowest BCUT2D eigenvalue weighted by Gasteiger charge is -2.46. The molecule has 4 aromatic rings. The van der Waals surface area contributed by atoms with Crippen LogP contribution in [0.1, 0.15) is 58.2 Å². The molecule has 0 aliphatic heterocycles. The Hall–Kier alpha value is -4.23.